The summed E-state index contributed by atoms with van der Waals surface area (Å²) in [5, 5.41) is 49.6. The molecular formula is C29H35N7O7. The van der Waals surface area contributed by atoms with Gasteiger partial charge in [-0.3, -0.25) is 20.0 Å². The highest BCUT2D eigenvalue weighted by atomic mass is 17.1. The van der Waals surface area contributed by atoms with E-state index < -0.39 is 11.6 Å². The summed E-state index contributed by atoms with van der Waals surface area (Å²) < 4.78 is 1.66. The van der Waals surface area contributed by atoms with E-state index in [9.17, 15) is 19.8 Å². The Kier molecular flexibility index (Phi) is 10.1. The van der Waals surface area contributed by atoms with Gasteiger partial charge in [0.15, 0.2) is 5.69 Å². The lowest BCUT2D eigenvalue weighted by atomic mass is 9.98. The molecule has 0 saturated heterocycles. The Balaban J connectivity index is 1.54. The summed E-state index contributed by atoms with van der Waals surface area (Å²) in [5.74, 6) is -0.628. The summed E-state index contributed by atoms with van der Waals surface area (Å²) in [6.45, 7) is 5.34. The van der Waals surface area contributed by atoms with E-state index in [0.29, 0.717) is 30.7 Å². The fraction of sp³-hybridized carbons (Fsp3) is 0.379. The molecule has 2 heterocycles. The molecule has 0 amide bonds. The number of aromatic carboxylic acids is 1. The number of rotatable bonds is 14. The van der Waals surface area contributed by atoms with Crippen LogP contribution in [0.5, 0.6) is 0 Å². The maximum Gasteiger partial charge on any atom is 0.354 e. The molecule has 4 rings (SSSR count). The summed E-state index contributed by atoms with van der Waals surface area (Å²) in [6, 6.07) is 15.1. The predicted molar refractivity (Wildman–Crippen MR) is 152 cm³/mol. The molecular weight excluding hydrogens is 558 g/mol. The summed E-state index contributed by atoms with van der Waals surface area (Å²) >= 11 is 0. The van der Waals surface area contributed by atoms with E-state index in [-0.39, 0.29) is 48.1 Å². The first kappa shape index (κ1) is 31.6. The highest BCUT2D eigenvalue weighted by Gasteiger charge is 2.31. The number of carbonyl (C=O) groups excluding carboxylic acids is 1. The minimum Gasteiger partial charge on any atom is -0.477 e. The highest BCUT2D eigenvalue weighted by molar-refractivity contribution is 5.87. The van der Waals surface area contributed by atoms with E-state index in [0.717, 1.165) is 27.9 Å². The van der Waals surface area contributed by atoms with Gasteiger partial charge in [0.05, 0.1) is 12.0 Å². The fourth-order valence-corrected chi connectivity index (χ4v) is 4.68. The molecule has 0 bridgehead atoms. The van der Waals surface area contributed by atoms with Crippen LogP contribution in [0, 0.1) is 0 Å². The zero-order chi connectivity index (χ0) is 31.1. The Morgan fingerprint density at radius 1 is 1.02 bits per heavy atom. The van der Waals surface area contributed by atoms with Crippen molar-refractivity contribution in [2.75, 3.05) is 6.61 Å². The minimum absolute atomic E-state index is 0.0237. The lowest BCUT2D eigenvalue weighted by Crippen LogP contribution is -2.22. The number of unbranched alkanes of at least 4 members (excludes halogenated alkanes) is 1. The topological polar surface area (TPSA) is 189 Å². The predicted octanol–water partition coefficient (Wildman–Crippen LogP) is 3.95. The lowest BCUT2D eigenvalue weighted by Gasteiger charge is -2.16. The number of imidazole rings is 1. The SMILES string of the molecule is CCCc1nc(C(C)(C)O)c(C(=O)O)n1Cc1ccc(-c2ccccc2-c2nnn(C(=O)CCCCON(O)O)n2)cc1. The van der Waals surface area contributed by atoms with Gasteiger partial charge in [0.2, 0.25) is 5.82 Å². The van der Waals surface area contributed by atoms with E-state index in [1.54, 1.807) is 4.57 Å². The molecule has 0 aliphatic carbocycles. The van der Waals surface area contributed by atoms with Gasteiger partial charge in [-0.05, 0) is 55.0 Å². The van der Waals surface area contributed by atoms with E-state index in [1.807, 2.05) is 55.5 Å². The van der Waals surface area contributed by atoms with Crippen LogP contribution < -0.4 is 0 Å². The van der Waals surface area contributed by atoms with Crippen LogP contribution in [-0.4, -0.2) is 74.3 Å². The van der Waals surface area contributed by atoms with Crippen LogP contribution in [0.15, 0.2) is 48.5 Å². The zero-order valence-corrected chi connectivity index (χ0v) is 24.2. The van der Waals surface area contributed by atoms with Crippen LogP contribution in [0.1, 0.15) is 78.8 Å². The second-order valence-corrected chi connectivity index (χ2v) is 10.5. The molecule has 0 spiro atoms. The number of carbonyl (C=O) groups is 2. The van der Waals surface area contributed by atoms with Crippen molar-refractivity contribution in [3.05, 3.63) is 71.3 Å². The van der Waals surface area contributed by atoms with Gasteiger partial charge >= 0.3 is 5.97 Å². The number of benzene rings is 2. The van der Waals surface area contributed by atoms with Crippen molar-refractivity contribution in [3.63, 3.8) is 0 Å². The summed E-state index contributed by atoms with van der Waals surface area (Å²) in [7, 11) is 0. The number of aryl methyl sites for hydroxylation is 1. The van der Waals surface area contributed by atoms with Crippen LogP contribution in [0.4, 0.5) is 0 Å². The maximum absolute atomic E-state index is 12.5. The molecule has 0 aliphatic rings. The minimum atomic E-state index is -1.41. The van der Waals surface area contributed by atoms with Gasteiger partial charge in [0.25, 0.3) is 5.91 Å². The number of carboxylic acids is 1. The van der Waals surface area contributed by atoms with Gasteiger partial charge in [-0.2, -0.15) is 0 Å². The Bertz CT molecular complexity index is 1560. The first-order valence-electron chi connectivity index (χ1n) is 13.9. The number of tetrazole rings is 1. The van der Waals surface area contributed by atoms with Crippen molar-refractivity contribution in [3.8, 4) is 22.5 Å². The molecule has 0 radical (unpaired) electrons. The number of nitrogens with zero attached hydrogens (tertiary/aromatic N) is 7. The third-order valence-corrected chi connectivity index (χ3v) is 6.70. The molecule has 2 aromatic carbocycles. The number of hydrogen-bond donors (Lipinski definition) is 4. The third-order valence-electron chi connectivity index (χ3n) is 6.70. The van der Waals surface area contributed by atoms with Crippen LogP contribution >= 0.6 is 0 Å². The second-order valence-electron chi connectivity index (χ2n) is 10.5. The van der Waals surface area contributed by atoms with Crippen molar-refractivity contribution < 1.29 is 35.1 Å². The Morgan fingerprint density at radius 3 is 2.35 bits per heavy atom. The van der Waals surface area contributed by atoms with E-state index in [4.69, 9.17) is 10.4 Å². The molecule has 2 aromatic heterocycles. The number of aliphatic hydroxyl groups is 1. The first-order valence-corrected chi connectivity index (χ1v) is 13.9. The monoisotopic (exact) mass is 593 g/mol. The zero-order valence-electron chi connectivity index (χ0n) is 24.2. The molecule has 0 saturated carbocycles. The molecule has 0 fully saturated rings. The second kappa shape index (κ2) is 13.8. The molecule has 0 aliphatic heterocycles. The van der Waals surface area contributed by atoms with Crippen LogP contribution in [-0.2, 0) is 23.4 Å². The molecule has 4 aromatic rings. The Hall–Kier alpha value is -4.34. The molecule has 228 valence electrons. The smallest absolute Gasteiger partial charge is 0.354 e. The largest absolute Gasteiger partial charge is 0.477 e. The van der Waals surface area contributed by atoms with Gasteiger partial charge in [-0.25, -0.2) is 9.78 Å². The number of carboxylic acid groups (broad SMARTS) is 1. The Labute approximate surface area is 247 Å². The van der Waals surface area contributed by atoms with Crippen molar-refractivity contribution in [1.29, 1.82) is 0 Å². The molecule has 0 atom stereocenters. The summed E-state index contributed by atoms with van der Waals surface area (Å²) in [5.41, 5.74) is 1.92. The average Bonchev–Trinajstić information content (AvgIpc) is 3.59. The van der Waals surface area contributed by atoms with Crippen molar-refractivity contribution in [2.45, 2.75) is 65.0 Å². The van der Waals surface area contributed by atoms with Gasteiger partial charge < -0.3 is 14.8 Å². The van der Waals surface area contributed by atoms with Crippen molar-refractivity contribution in [1.82, 2.24) is 35.1 Å². The van der Waals surface area contributed by atoms with Crippen LogP contribution in [0.3, 0.4) is 0 Å². The van der Waals surface area contributed by atoms with Gasteiger partial charge in [0.1, 0.15) is 17.1 Å². The van der Waals surface area contributed by atoms with Gasteiger partial charge in [-0.1, -0.05) is 60.3 Å². The standard InChI is InChI=1S/C29H35N7O7/c1-4-9-23-30-26(29(2,3)40)25(28(38)39)34(23)18-19-13-15-20(16-14-19)21-10-5-6-11-22(21)27-31-33-35(32-27)24(37)12-7-8-17-43-36(41)42/h5-6,10-11,13-16,40-42H,4,7-9,12,17-18H2,1-3H3,(H,38,39). The van der Waals surface area contributed by atoms with E-state index in [2.05, 4.69) is 25.2 Å². The fourth-order valence-electron chi connectivity index (χ4n) is 4.68. The summed E-state index contributed by atoms with van der Waals surface area (Å²) in [4.78, 5) is 34.6. The van der Waals surface area contributed by atoms with Crippen molar-refractivity contribution >= 4 is 11.9 Å². The average molecular weight is 594 g/mol. The summed E-state index contributed by atoms with van der Waals surface area (Å²) in [6.07, 6.45) is 2.31. The highest BCUT2D eigenvalue weighted by Crippen LogP contribution is 2.31. The number of hydrogen-bond acceptors (Lipinski definition) is 11. The van der Waals surface area contributed by atoms with Crippen molar-refractivity contribution in [2.24, 2.45) is 0 Å². The van der Waals surface area contributed by atoms with Gasteiger partial charge in [0, 0.05) is 24.9 Å². The van der Waals surface area contributed by atoms with Gasteiger partial charge in [-0.15, -0.1) is 10.2 Å². The van der Waals surface area contributed by atoms with Crippen LogP contribution in [0.2, 0.25) is 0 Å². The maximum atomic E-state index is 12.5. The molecule has 14 heteroatoms. The number of aromatic nitrogens is 6. The van der Waals surface area contributed by atoms with Crippen LogP contribution in [0.25, 0.3) is 22.5 Å². The molecule has 43 heavy (non-hydrogen) atoms. The molecule has 4 N–H and O–H groups in total. The first-order chi connectivity index (χ1) is 20.5. The molecule has 14 nitrogen and oxygen atoms in total. The van der Waals surface area contributed by atoms with E-state index in [1.165, 1.54) is 13.8 Å². The molecule has 0 unspecified atom stereocenters. The normalized spacial score (nSPS) is 11.8. The third kappa shape index (κ3) is 7.74. The Morgan fingerprint density at radius 2 is 1.72 bits per heavy atom. The van der Waals surface area contributed by atoms with E-state index >= 15 is 0 Å². The quantitative estimate of drug-likeness (QED) is 0.122. The lowest BCUT2D eigenvalue weighted by molar-refractivity contribution is -0.492.